The van der Waals surface area contributed by atoms with Crippen molar-refractivity contribution in [2.45, 2.75) is 65.2 Å². The van der Waals surface area contributed by atoms with Gasteiger partial charge in [0.15, 0.2) is 0 Å². The van der Waals surface area contributed by atoms with Crippen LogP contribution in [0.4, 0.5) is 0 Å². The lowest BCUT2D eigenvalue weighted by molar-refractivity contribution is -0.145. The third kappa shape index (κ3) is 10.4. The minimum absolute atomic E-state index is 0.259. The molecule has 1 fully saturated rings. The Morgan fingerprint density at radius 3 is 2.10 bits per heavy atom. The topological polar surface area (TPSA) is 113 Å². The zero-order chi connectivity index (χ0) is 30.3. The molecule has 1 aliphatic rings. The van der Waals surface area contributed by atoms with Crippen LogP contribution >= 0.6 is 0 Å². The predicted molar refractivity (Wildman–Crippen MR) is 161 cm³/mol. The molecule has 0 atom stereocenters. The Hall–Kier alpha value is -4.14. The first-order valence-electron chi connectivity index (χ1n) is 14.6. The molecule has 0 amide bonds. The highest BCUT2D eigenvalue weighted by Crippen LogP contribution is 2.32. The highest BCUT2D eigenvalue weighted by atomic mass is 16.5. The molecule has 0 radical (unpaired) electrons. The molecule has 0 heterocycles. The molecule has 42 heavy (non-hydrogen) atoms. The number of carbonyl (C=O) groups excluding carboxylic acids is 3. The van der Waals surface area contributed by atoms with Gasteiger partial charge in [-0.1, -0.05) is 18.2 Å². The van der Waals surface area contributed by atoms with E-state index in [1.807, 2.05) is 26.0 Å². The van der Waals surface area contributed by atoms with Crippen LogP contribution in [-0.2, 0) is 19.1 Å². The van der Waals surface area contributed by atoms with Crippen molar-refractivity contribution >= 4 is 23.6 Å². The van der Waals surface area contributed by atoms with Crippen molar-refractivity contribution in [1.29, 1.82) is 0 Å². The van der Waals surface area contributed by atoms with E-state index >= 15 is 0 Å². The third-order valence-electron chi connectivity index (χ3n) is 7.17. The summed E-state index contributed by atoms with van der Waals surface area (Å²) in [7, 11) is 1.72. The van der Waals surface area contributed by atoms with E-state index in [0.29, 0.717) is 56.1 Å². The lowest BCUT2D eigenvalue weighted by Crippen LogP contribution is -2.30. The van der Waals surface area contributed by atoms with E-state index in [2.05, 4.69) is 17.1 Å². The first kappa shape index (κ1) is 32.4. The van der Waals surface area contributed by atoms with Crippen LogP contribution < -0.4 is 19.6 Å². The summed E-state index contributed by atoms with van der Waals surface area (Å²) in [4.78, 5) is 36.7. The van der Waals surface area contributed by atoms with Gasteiger partial charge in [-0.15, -0.1) is 0 Å². The van der Waals surface area contributed by atoms with E-state index in [9.17, 15) is 14.4 Å². The molecular formula is C33H42N2O7. The van der Waals surface area contributed by atoms with E-state index in [4.69, 9.17) is 18.9 Å². The third-order valence-corrected chi connectivity index (χ3v) is 7.17. The van der Waals surface area contributed by atoms with Gasteiger partial charge >= 0.3 is 17.9 Å². The van der Waals surface area contributed by atoms with E-state index in [-0.39, 0.29) is 23.8 Å². The van der Waals surface area contributed by atoms with Crippen LogP contribution in [0.25, 0.3) is 0 Å². The van der Waals surface area contributed by atoms with Gasteiger partial charge in [0, 0.05) is 18.7 Å². The van der Waals surface area contributed by atoms with Crippen molar-refractivity contribution < 1.29 is 33.3 Å². The Labute approximate surface area is 248 Å². The number of nitrogens with zero attached hydrogens (tertiary/aromatic N) is 1. The van der Waals surface area contributed by atoms with Crippen LogP contribution in [-0.4, -0.2) is 43.9 Å². The monoisotopic (exact) mass is 578 g/mol. The minimum Gasteiger partial charge on any atom is -0.494 e. The quantitative estimate of drug-likeness (QED) is 0.0692. The molecule has 226 valence electrons. The summed E-state index contributed by atoms with van der Waals surface area (Å²) < 4.78 is 22.1. The molecule has 0 saturated heterocycles. The summed E-state index contributed by atoms with van der Waals surface area (Å²) in [6.07, 6.45) is 7.05. The normalized spacial score (nSPS) is 16.7. The maximum Gasteiger partial charge on any atom is 0.330 e. The Morgan fingerprint density at radius 1 is 0.881 bits per heavy atom. The average molecular weight is 579 g/mol. The zero-order valence-electron chi connectivity index (χ0n) is 24.9. The van der Waals surface area contributed by atoms with E-state index in [0.717, 1.165) is 48.6 Å². The van der Waals surface area contributed by atoms with Crippen molar-refractivity contribution in [3.05, 3.63) is 66.2 Å². The molecule has 1 saturated carbocycles. The number of hydrogen-bond donors (Lipinski definition) is 1. The second-order valence-electron chi connectivity index (χ2n) is 10.4. The largest absolute Gasteiger partial charge is 0.494 e. The Kier molecular flexibility index (Phi) is 13.1. The molecule has 1 N–H and O–H groups in total. The maximum atomic E-state index is 12.9. The fourth-order valence-corrected chi connectivity index (χ4v) is 4.78. The summed E-state index contributed by atoms with van der Waals surface area (Å²) in [5, 5.41) is 4.22. The molecule has 0 spiro atoms. The fourth-order valence-electron chi connectivity index (χ4n) is 4.78. The number of benzene rings is 2. The molecule has 3 rings (SSSR count). The smallest absolute Gasteiger partial charge is 0.330 e. The van der Waals surface area contributed by atoms with E-state index in [1.165, 1.54) is 0 Å². The number of hydrazone groups is 1. The summed E-state index contributed by atoms with van der Waals surface area (Å²) in [6.45, 7) is 8.18. The fraction of sp³-hybridized carbons (Fsp3) is 0.455. The number of rotatable bonds is 15. The zero-order valence-corrected chi connectivity index (χ0v) is 24.9. The predicted octanol–water partition coefficient (Wildman–Crippen LogP) is 5.92. The van der Waals surface area contributed by atoms with Gasteiger partial charge in [0.2, 0.25) is 0 Å². The average Bonchev–Trinajstić information content (AvgIpc) is 3.00. The minimum atomic E-state index is -0.392. The summed E-state index contributed by atoms with van der Waals surface area (Å²) in [5.74, 6) is 0.173. The Balaban J connectivity index is 1.37. The number of hydrogen-bond acceptors (Lipinski definition) is 9. The highest BCUT2D eigenvalue weighted by Gasteiger charge is 2.32. The number of esters is 3. The summed E-state index contributed by atoms with van der Waals surface area (Å²) in [5.41, 5.74) is 5.32. The van der Waals surface area contributed by atoms with Gasteiger partial charge in [0.05, 0.1) is 30.8 Å². The highest BCUT2D eigenvalue weighted by molar-refractivity contribution is 6.01. The molecule has 0 unspecified atom stereocenters. The number of nitrogens with one attached hydrogen (secondary N) is 1. The van der Waals surface area contributed by atoms with Gasteiger partial charge < -0.3 is 24.4 Å². The van der Waals surface area contributed by atoms with Gasteiger partial charge in [-0.3, -0.25) is 9.59 Å². The molecular weight excluding hydrogens is 536 g/mol. The SMILES string of the molecule is C=CC(=O)OCCCCCCOc1ccc(OC(=O)C2CCC(C(=O)Oc3ccc(C)cc3/C(C)=N/NC)CC2)cc1. The van der Waals surface area contributed by atoms with E-state index < -0.39 is 5.97 Å². The number of aryl methyl sites for hydroxylation is 1. The first-order valence-corrected chi connectivity index (χ1v) is 14.6. The Bertz CT molecular complexity index is 1230. The van der Waals surface area contributed by atoms with Crippen LogP contribution in [0, 0.1) is 18.8 Å². The second-order valence-corrected chi connectivity index (χ2v) is 10.4. The molecule has 0 bridgehead atoms. The molecule has 1 aliphatic carbocycles. The number of ether oxygens (including phenoxy) is 4. The van der Waals surface area contributed by atoms with E-state index in [1.54, 1.807) is 37.4 Å². The van der Waals surface area contributed by atoms with Crippen LogP contribution in [0.1, 0.15) is 69.4 Å². The summed E-state index contributed by atoms with van der Waals surface area (Å²) >= 11 is 0. The van der Waals surface area contributed by atoms with Crippen LogP contribution in [0.15, 0.2) is 60.2 Å². The van der Waals surface area contributed by atoms with Crippen molar-refractivity contribution in [1.82, 2.24) is 5.43 Å². The van der Waals surface area contributed by atoms with Gasteiger partial charge in [-0.2, -0.15) is 5.10 Å². The maximum absolute atomic E-state index is 12.9. The van der Waals surface area contributed by atoms with Crippen LogP contribution in [0.5, 0.6) is 17.2 Å². The molecule has 9 heteroatoms. The number of unbranched alkanes of at least 4 members (excludes halogenated alkanes) is 3. The van der Waals surface area contributed by atoms with Crippen molar-refractivity contribution in [3.63, 3.8) is 0 Å². The molecule has 0 aromatic heterocycles. The van der Waals surface area contributed by atoms with Crippen molar-refractivity contribution in [3.8, 4) is 17.2 Å². The van der Waals surface area contributed by atoms with Crippen LogP contribution in [0.3, 0.4) is 0 Å². The number of carbonyl (C=O) groups is 3. The summed E-state index contributed by atoms with van der Waals surface area (Å²) in [6, 6.07) is 12.7. The molecule has 2 aromatic carbocycles. The van der Waals surface area contributed by atoms with Crippen molar-refractivity contribution in [2.24, 2.45) is 16.9 Å². The Morgan fingerprint density at radius 2 is 1.48 bits per heavy atom. The molecule has 9 nitrogen and oxygen atoms in total. The van der Waals surface area contributed by atoms with Gasteiger partial charge in [-0.25, -0.2) is 4.79 Å². The molecule has 2 aromatic rings. The van der Waals surface area contributed by atoms with Gasteiger partial charge in [0.25, 0.3) is 0 Å². The second kappa shape index (κ2) is 17.0. The lowest BCUT2D eigenvalue weighted by atomic mass is 9.82. The first-order chi connectivity index (χ1) is 20.3. The standard InChI is InChI=1S/C33H42N2O7/c1-5-31(36)40-21-9-7-6-8-20-39-27-15-17-28(18-16-27)41-32(37)25-11-13-26(14-12-25)33(38)42-30-19-10-23(2)22-29(30)24(3)35-34-4/h5,10,15-19,22,25-26,34H,1,6-9,11-14,20-21H2,2-4H3/b35-24+. The van der Waals surface area contributed by atoms with Gasteiger partial charge in [0.1, 0.15) is 17.2 Å². The lowest BCUT2D eigenvalue weighted by Gasteiger charge is -2.26. The van der Waals surface area contributed by atoms with Crippen LogP contribution in [0.2, 0.25) is 0 Å². The molecule has 0 aliphatic heterocycles. The van der Waals surface area contributed by atoms with Crippen molar-refractivity contribution in [2.75, 3.05) is 20.3 Å². The van der Waals surface area contributed by atoms with Gasteiger partial charge in [-0.05, 0) is 102 Å².